The fourth-order valence-electron chi connectivity index (χ4n) is 3.07. The fourth-order valence-corrected chi connectivity index (χ4v) is 3.73. The predicted molar refractivity (Wildman–Crippen MR) is 76.7 cm³/mol. The van der Waals surface area contributed by atoms with Crippen molar-refractivity contribution in [2.45, 2.75) is 13.8 Å². The van der Waals surface area contributed by atoms with Crippen LogP contribution in [0.2, 0.25) is 10.0 Å². The summed E-state index contributed by atoms with van der Waals surface area (Å²) in [6.45, 7) is 3.73. The second kappa shape index (κ2) is 4.21. The first kappa shape index (κ1) is 14.4. The number of benzene rings is 1. The lowest BCUT2D eigenvalue weighted by Crippen LogP contribution is -2.36. The maximum absolute atomic E-state index is 12.4. The highest BCUT2D eigenvalue weighted by atomic mass is 35.5. The molecule has 21 heavy (non-hydrogen) atoms. The van der Waals surface area contributed by atoms with Gasteiger partial charge >= 0.3 is 5.97 Å². The molecule has 3 rings (SSSR count). The van der Waals surface area contributed by atoms with Crippen molar-refractivity contribution in [2.24, 2.45) is 17.3 Å². The van der Waals surface area contributed by atoms with Gasteiger partial charge in [0.05, 0.1) is 33.1 Å². The maximum Gasteiger partial charge on any atom is 0.335 e. The van der Waals surface area contributed by atoms with E-state index in [1.807, 2.05) is 13.8 Å². The Bertz CT molecular complexity index is 666. The summed E-state index contributed by atoms with van der Waals surface area (Å²) in [7, 11) is 0. The largest absolute Gasteiger partial charge is 0.478 e. The Balaban J connectivity index is 2.06. The van der Waals surface area contributed by atoms with Gasteiger partial charge in [0, 0.05) is 0 Å². The Kier molecular flexibility index (Phi) is 2.88. The third-order valence-electron chi connectivity index (χ3n) is 4.29. The number of hydrogen-bond donors (Lipinski definition) is 1. The first-order chi connectivity index (χ1) is 9.67. The van der Waals surface area contributed by atoms with Crippen molar-refractivity contribution in [2.75, 3.05) is 4.90 Å². The number of carboxylic acid groups (broad SMARTS) is 1. The van der Waals surface area contributed by atoms with Crippen molar-refractivity contribution in [1.29, 1.82) is 0 Å². The molecule has 1 saturated heterocycles. The molecule has 1 aromatic rings. The molecule has 7 heteroatoms. The Labute approximate surface area is 130 Å². The zero-order chi connectivity index (χ0) is 15.7. The van der Waals surface area contributed by atoms with E-state index in [-0.39, 0.29) is 50.4 Å². The van der Waals surface area contributed by atoms with Gasteiger partial charge in [-0.3, -0.25) is 9.59 Å². The van der Waals surface area contributed by atoms with E-state index in [2.05, 4.69) is 0 Å². The second-order valence-electron chi connectivity index (χ2n) is 5.88. The van der Waals surface area contributed by atoms with Crippen molar-refractivity contribution in [3.63, 3.8) is 0 Å². The third-order valence-corrected chi connectivity index (χ3v) is 4.86. The van der Waals surface area contributed by atoms with E-state index in [1.165, 1.54) is 12.1 Å². The molecule has 0 bridgehead atoms. The van der Waals surface area contributed by atoms with E-state index < -0.39 is 5.97 Å². The summed E-state index contributed by atoms with van der Waals surface area (Å²) in [6, 6.07) is 2.36. The van der Waals surface area contributed by atoms with E-state index in [1.54, 1.807) is 0 Å². The van der Waals surface area contributed by atoms with Gasteiger partial charge in [-0.15, -0.1) is 0 Å². The van der Waals surface area contributed by atoms with Crippen molar-refractivity contribution in [1.82, 2.24) is 0 Å². The smallest absolute Gasteiger partial charge is 0.335 e. The minimum Gasteiger partial charge on any atom is -0.478 e. The molecule has 1 N–H and O–H groups in total. The molecule has 110 valence electrons. The van der Waals surface area contributed by atoms with Gasteiger partial charge in [0.2, 0.25) is 11.8 Å². The number of halogens is 2. The summed E-state index contributed by atoms with van der Waals surface area (Å²) in [5, 5.41) is 8.89. The molecule has 0 spiro atoms. The van der Waals surface area contributed by atoms with Crippen LogP contribution in [0.5, 0.6) is 0 Å². The molecule has 0 radical (unpaired) electrons. The summed E-state index contributed by atoms with van der Waals surface area (Å²) in [5.41, 5.74) is -0.357. The van der Waals surface area contributed by atoms with Crippen molar-refractivity contribution in [3.05, 3.63) is 27.7 Å². The lowest BCUT2D eigenvalue weighted by molar-refractivity contribution is -0.125. The van der Waals surface area contributed by atoms with Gasteiger partial charge in [0.25, 0.3) is 0 Å². The number of nitrogens with zero attached hydrogens (tertiary/aromatic N) is 1. The first-order valence-corrected chi connectivity index (χ1v) is 7.03. The highest BCUT2D eigenvalue weighted by Crippen LogP contribution is 2.64. The molecule has 1 saturated carbocycles. The number of aromatic carboxylic acids is 1. The van der Waals surface area contributed by atoms with Gasteiger partial charge in [-0.05, 0) is 17.5 Å². The van der Waals surface area contributed by atoms with E-state index in [0.29, 0.717) is 0 Å². The van der Waals surface area contributed by atoms with Crippen LogP contribution >= 0.6 is 23.2 Å². The van der Waals surface area contributed by atoms with Crippen molar-refractivity contribution < 1.29 is 19.5 Å². The van der Waals surface area contributed by atoms with E-state index >= 15 is 0 Å². The van der Waals surface area contributed by atoms with Gasteiger partial charge in [-0.25, -0.2) is 9.69 Å². The van der Waals surface area contributed by atoms with Gasteiger partial charge in [0.1, 0.15) is 0 Å². The molecule has 2 unspecified atom stereocenters. The Morgan fingerprint density at radius 3 is 1.95 bits per heavy atom. The first-order valence-electron chi connectivity index (χ1n) is 6.28. The van der Waals surface area contributed by atoms with Crippen LogP contribution in [0, 0.1) is 17.3 Å². The molecule has 1 aromatic carbocycles. The SMILES string of the molecule is CC1(C)C2C(=O)N(c3c(Cl)cc(C(=O)O)cc3Cl)C(=O)C21. The average molecular weight is 328 g/mol. The van der Waals surface area contributed by atoms with Gasteiger partial charge in [0.15, 0.2) is 0 Å². The van der Waals surface area contributed by atoms with Gasteiger partial charge < -0.3 is 5.11 Å². The Hall–Kier alpha value is -1.59. The van der Waals surface area contributed by atoms with E-state index in [4.69, 9.17) is 28.3 Å². The number of hydrogen-bond acceptors (Lipinski definition) is 3. The highest BCUT2D eigenvalue weighted by Gasteiger charge is 2.73. The number of rotatable bonds is 2. The Morgan fingerprint density at radius 2 is 1.57 bits per heavy atom. The summed E-state index contributed by atoms with van der Waals surface area (Å²) < 4.78 is 0. The third kappa shape index (κ3) is 1.80. The lowest BCUT2D eigenvalue weighted by atomic mass is 10.0. The van der Waals surface area contributed by atoms with Crippen LogP contribution in [0.1, 0.15) is 24.2 Å². The molecule has 1 aliphatic heterocycles. The van der Waals surface area contributed by atoms with Crippen molar-refractivity contribution in [3.8, 4) is 0 Å². The number of carboxylic acids is 1. The summed E-state index contributed by atoms with van der Waals surface area (Å²) in [6.07, 6.45) is 0. The molecule has 1 heterocycles. The van der Waals surface area contributed by atoms with Gasteiger partial charge in [-0.2, -0.15) is 0 Å². The Morgan fingerprint density at radius 1 is 1.14 bits per heavy atom. The number of amides is 2. The summed E-state index contributed by atoms with van der Waals surface area (Å²) >= 11 is 12.1. The van der Waals surface area contributed by atoms with Gasteiger partial charge in [-0.1, -0.05) is 37.0 Å². The summed E-state index contributed by atoms with van der Waals surface area (Å²) in [4.78, 5) is 36.7. The van der Waals surface area contributed by atoms with Crippen LogP contribution in [-0.4, -0.2) is 22.9 Å². The van der Waals surface area contributed by atoms with Crippen LogP contribution in [0.15, 0.2) is 12.1 Å². The molecule has 1 aliphatic carbocycles. The normalized spacial score (nSPS) is 26.0. The number of carbonyl (C=O) groups excluding carboxylic acids is 2. The minimum atomic E-state index is -1.19. The molecular weight excluding hydrogens is 317 g/mol. The average Bonchev–Trinajstić information content (AvgIpc) is 2.83. The number of piperidine rings is 1. The van der Waals surface area contributed by atoms with E-state index in [9.17, 15) is 14.4 Å². The molecule has 2 fully saturated rings. The number of anilines is 1. The number of imide groups is 1. The molecular formula is C14H11Cl2NO4. The van der Waals surface area contributed by atoms with Crippen LogP contribution in [-0.2, 0) is 9.59 Å². The summed E-state index contributed by atoms with van der Waals surface area (Å²) in [5.74, 6) is -2.55. The molecule has 2 atom stereocenters. The quantitative estimate of drug-likeness (QED) is 0.847. The fraction of sp³-hybridized carbons (Fsp3) is 0.357. The molecule has 0 aromatic heterocycles. The van der Waals surface area contributed by atoms with E-state index in [0.717, 1.165) is 4.90 Å². The predicted octanol–water partition coefficient (Wildman–Crippen LogP) is 2.84. The number of carbonyl (C=O) groups is 3. The zero-order valence-corrected chi connectivity index (χ0v) is 12.7. The zero-order valence-electron chi connectivity index (χ0n) is 11.2. The topological polar surface area (TPSA) is 74.7 Å². The van der Waals surface area contributed by atoms with Crippen LogP contribution < -0.4 is 4.90 Å². The molecule has 2 aliphatic rings. The van der Waals surface area contributed by atoms with Crippen LogP contribution in [0.25, 0.3) is 0 Å². The lowest BCUT2D eigenvalue weighted by Gasteiger charge is -2.22. The van der Waals surface area contributed by atoms with Crippen LogP contribution in [0.3, 0.4) is 0 Å². The minimum absolute atomic E-state index is 0.0271. The number of fused-ring (bicyclic) bond motifs is 1. The van der Waals surface area contributed by atoms with Crippen molar-refractivity contribution >= 4 is 46.7 Å². The molecule has 2 amide bonds. The van der Waals surface area contributed by atoms with Crippen LogP contribution in [0.4, 0.5) is 5.69 Å². The standard InChI is InChI=1S/C14H11Cl2NO4/c1-14(2)8-9(14)12(19)17(11(8)18)10-6(15)3-5(13(20)21)4-7(10)16/h3-4,8-9H,1-2H3,(H,20,21). The second-order valence-corrected chi connectivity index (χ2v) is 6.70. The maximum atomic E-state index is 12.4. The molecule has 5 nitrogen and oxygen atoms in total. The highest BCUT2D eigenvalue weighted by molar-refractivity contribution is 6.43. The monoisotopic (exact) mass is 327 g/mol.